The molecule has 0 aromatic carbocycles. The Morgan fingerprint density at radius 1 is 1.00 bits per heavy atom. The maximum atomic E-state index is 12.3. The summed E-state index contributed by atoms with van der Waals surface area (Å²) in [5.41, 5.74) is 0. The Bertz CT molecular complexity index is 442. The minimum Gasteiger partial charge on any atom is -0.394 e. The summed E-state index contributed by atoms with van der Waals surface area (Å²) < 4.78 is 10.2. The molecule has 6 unspecified atom stereocenters. The van der Waals surface area contributed by atoms with Crippen molar-refractivity contribution in [2.75, 3.05) is 20.8 Å². The number of aliphatic hydroxyl groups excluding tert-OH is 6. The summed E-state index contributed by atoms with van der Waals surface area (Å²) in [6, 6.07) is 0. The molecule has 0 aliphatic heterocycles. The van der Waals surface area contributed by atoms with Crippen LogP contribution in [-0.2, 0) is 19.1 Å². The lowest BCUT2D eigenvalue weighted by Crippen LogP contribution is -2.53. The van der Waals surface area contributed by atoms with Gasteiger partial charge in [-0.15, -0.1) is 0 Å². The average Bonchev–Trinajstić information content (AvgIpc) is 2.64. The van der Waals surface area contributed by atoms with Gasteiger partial charge in [-0.1, -0.05) is 0 Å². The van der Waals surface area contributed by atoms with Gasteiger partial charge in [0.25, 0.3) is 0 Å². The molecular weight excluding hydrogens is 340 g/mol. The highest BCUT2D eigenvalue weighted by atomic mass is 16.5. The maximum absolute atomic E-state index is 12.3. The fourth-order valence-electron chi connectivity index (χ4n) is 2.89. The molecule has 0 saturated heterocycles. The van der Waals surface area contributed by atoms with Crippen molar-refractivity contribution in [2.45, 2.75) is 55.6 Å². The Kier molecular flexibility index (Phi) is 8.51. The highest BCUT2D eigenvalue weighted by Crippen LogP contribution is 2.30. The summed E-state index contributed by atoms with van der Waals surface area (Å²) >= 11 is 0. The Balaban J connectivity index is 2.82. The van der Waals surface area contributed by atoms with Gasteiger partial charge in [0.15, 0.2) is 0 Å². The monoisotopic (exact) mass is 366 g/mol. The Morgan fingerprint density at radius 3 is 1.88 bits per heavy atom. The molecule has 1 fully saturated rings. The van der Waals surface area contributed by atoms with Crippen LogP contribution >= 0.6 is 0 Å². The van der Waals surface area contributed by atoms with E-state index < -0.39 is 66.8 Å². The molecule has 1 saturated carbocycles. The number of carbonyl (C=O) groups is 2. The molecule has 0 heterocycles. The fraction of sp³-hybridized carbons (Fsp3) is 0.867. The zero-order chi connectivity index (χ0) is 19.3. The van der Waals surface area contributed by atoms with Crippen LogP contribution in [0.3, 0.4) is 0 Å². The summed E-state index contributed by atoms with van der Waals surface area (Å²) in [7, 11) is 2.67. The van der Waals surface area contributed by atoms with Gasteiger partial charge in [-0.2, -0.15) is 0 Å². The SMILES string of the molecule is COC1CC(C(=O)C(=O)C(O)C(O)C(O)C(O)CO)CC(OC)C1O. The third-order valence-electron chi connectivity index (χ3n) is 4.54. The summed E-state index contributed by atoms with van der Waals surface area (Å²) in [6.07, 6.45) is -10.6. The fourth-order valence-corrected chi connectivity index (χ4v) is 2.89. The van der Waals surface area contributed by atoms with Gasteiger partial charge in [0.2, 0.25) is 11.6 Å². The summed E-state index contributed by atoms with van der Waals surface area (Å²) in [4.78, 5) is 24.4. The van der Waals surface area contributed by atoms with Crippen LogP contribution in [0.4, 0.5) is 0 Å². The number of hydrogen-bond donors (Lipinski definition) is 6. The predicted molar refractivity (Wildman–Crippen MR) is 81.5 cm³/mol. The third-order valence-corrected chi connectivity index (χ3v) is 4.54. The summed E-state index contributed by atoms with van der Waals surface area (Å²) in [6.45, 7) is -0.904. The molecule has 0 aromatic heterocycles. The van der Waals surface area contributed by atoms with E-state index >= 15 is 0 Å². The van der Waals surface area contributed by atoms with Gasteiger partial charge >= 0.3 is 0 Å². The largest absolute Gasteiger partial charge is 0.394 e. The summed E-state index contributed by atoms with van der Waals surface area (Å²) in [5.74, 6) is -3.26. The molecule has 0 amide bonds. The molecule has 6 N–H and O–H groups in total. The number of carbonyl (C=O) groups excluding carboxylic acids is 2. The van der Waals surface area contributed by atoms with E-state index in [-0.39, 0.29) is 12.8 Å². The van der Waals surface area contributed by atoms with Crippen LogP contribution in [0, 0.1) is 5.92 Å². The van der Waals surface area contributed by atoms with Gasteiger partial charge in [-0.3, -0.25) is 9.59 Å². The predicted octanol–water partition coefficient (Wildman–Crippen LogP) is -3.64. The number of ether oxygens (including phenoxy) is 2. The Morgan fingerprint density at radius 2 is 1.48 bits per heavy atom. The molecule has 0 radical (unpaired) electrons. The highest BCUT2D eigenvalue weighted by Gasteiger charge is 2.44. The van der Waals surface area contributed by atoms with Gasteiger partial charge in [0, 0.05) is 20.1 Å². The topological polar surface area (TPSA) is 174 Å². The van der Waals surface area contributed by atoms with Gasteiger partial charge in [0.1, 0.15) is 30.5 Å². The smallest absolute Gasteiger partial charge is 0.229 e. The van der Waals surface area contributed by atoms with E-state index in [9.17, 15) is 35.1 Å². The lowest BCUT2D eigenvalue weighted by molar-refractivity contribution is -0.161. The van der Waals surface area contributed by atoms with Crippen molar-refractivity contribution in [3.63, 3.8) is 0 Å². The first-order valence-electron chi connectivity index (χ1n) is 7.84. The molecule has 1 rings (SSSR count). The minimum atomic E-state index is -2.27. The second kappa shape index (κ2) is 9.64. The van der Waals surface area contributed by atoms with E-state index in [1.807, 2.05) is 0 Å². The lowest BCUT2D eigenvalue weighted by Gasteiger charge is -2.37. The molecule has 0 bridgehead atoms. The van der Waals surface area contributed by atoms with Crippen LogP contribution in [0.1, 0.15) is 12.8 Å². The zero-order valence-corrected chi connectivity index (χ0v) is 14.1. The number of Topliss-reactive ketones (excluding diaryl/α,β-unsaturated/α-hetero) is 2. The van der Waals surface area contributed by atoms with Crippen molar-refractivity contribution < 1.29 is 49.7 Å². The first kappa shape index (κ1) is 22.1. The third kappa shape index (κ3) is 5.02. The van der Waals surface area contributed by atoms with Crippen LogP contribution in [0.25, 0.3) is 0 Å². The standard InChI is InChI=1S/C15H26O10/c1-24-8-3-6(4-9(25-2)12(8)20)10(18)13(21)15(23)14(22)11(19)7(17)5-16/h6-9,11-12,14-17,19-20,22-23H,3-5H2,1-2H3. The molecular formula is C15H26O10. The van der Waals surface area contributed by atoms with Crippen LogP contribution in [-0.4, -0.2) is 106 Å². The maximum Gasteiger partial charge on any atom is 0.229 e. The number of ketones is 2. The number of hydrogen-bond acceptors (Lipinski definition) is 10. The van der Waals surface area contributed by atoms with Crippen LogP contribution in [0.2, 0.25) is 0 Å². The number of rotatable bonds is 9. The van der Waals surface area contributed by atoms with E-state index in [1.165, 1.54) is 14.2 Å². The zero-order valence-electron chi connectivity index (χ0n) is 14.1. The van der Waals surface area contributed by atoms with Crippen molar-refractivity contribution in [3.05, 3.63) is 0 Å². The van der Waals surface area contributed by atoms with E-state index in [2.05, 4.69) is 0 Å². The van der Waals surface area contributed by atoms with Crippen molar-refractivity contribution in [1.29, 1.82) is 0 Å². The molecule has 0 spiro atoms. The molecule has 1 aliphatic rings. The highest BCUT2D eigenvalue weighted by molar-refractivity contribution is 6.39. The van der Waals surface area contributed by atoms with E-state index in [4.69, 9.17) is 14.6 Å². The van der Waals surface area contributed by atoms with Crippen molar-refractivity contribution in [1.82, 2.24) is 0 Å². The second-order valence-electron chi connectivity index (χ2n) is 6.11. The van der Waals surface area contributed by atoms with Crippen LogP contribution in [0.15, 0.2) is 0 Å². The quantitative estimate of drug-likeness (QED) is 0.223. The summed E-state index contributed by atoms with van der Waals surface area (Å²) in [5, 5.41) is 57.0. The Hall–Kier alpha value is -0.980. The number of aliphatic hydroxyl groups is 6. The van der Waals surface area contributed by atoms with Crippen molar-refractivity contribution in [3.8, 4) is 0 Å². The molecule has 1 aliphatic carbocycles. The average molecular weight is 366 g/mol. The van der Waals surface area contributed by atoms with Gasteiger partial charge in [-0.05, 0) is 12.8 Å². The first-order chi connectivity index (χ1) is 11.7. The lowest BCUT2D eigenvalue weighted by atomic mass is 9.78. The van der Waals surface area contributed by atoms with Crippen molar-refractivity contribution >= 4 is 11.6 Å². The first-order valence-corrected chi connectivity index (χ1v) is 7.84. The number of methoxy groups -OCH3 is 2. The molecule has 10 heteroatoms. The van der Waals surface area contributed by atoms with Crippen molar-refractivity contribution in [2.24, 2.45) is 5.92 Å². The van der Waals surface area contributed by atoms with E-state index in [0.717, 1.165) is 0 Å². The van der Waals surface area contributed by atoms with Crippen LogP contribution in [0.5, 0.6) is 0 Å². The molecule has 146 valence electrons. The van der Waals surface area contributed by atoms with Gasteiger partial charge < -0.3 is 40.1 Å². The second-order valence-corrected chi connectivity index (χ2v) is 6.11. The van der Waals surface area contributed by atoms with E-state index in [0.29, 0.717) is 0 Å². The molecule has 0 aromatic rings. The van der Waals surface area contributed by atoms with E-state index in [1.54, 1.807) is 0 Å². The molecule has 25 heavy (non-hydrogen) atoms. The minimum absolute atomic E-state index is 0.0206. The molecule has 10 nitrogen and oxygen atoms in total. The molecule has 6 atom stereocenters. The van der Waals surface area contributed by atoms with Gasteiger partial charge in [-0.25, -0.2) is 0 Å². The van der Waals surface area contributed by atoms with Crippen LogP contribution < -0.4 is 0 Å². The van der Waals surface area contributed by atoms with Gasteiger partial charge in [0.05, 0.1) is 18.8 Å². The Labute approximate surface area is 144 Å². The normalized spacial score (nSPS) is 31.8.